The fourth-order valence-corrected chi connectivity index (χ4v) is 3.94. The van der Waals surface area contributed by atoms with E-state index >= 15 is 0 Å². The number of rotatable bonds is 6. The van der Waals surface area contributed by atoms with Crippen molar-refractivity contribution in [1.82, 2.24) is 9.88 Å². The second-order valence-electron chi connectivity index (χ2n) is 8.41. The molecule has 0 spiro atoms. The molecule has 33 heavy (non-hydrogen) atoms. The molecule has 168 valence electrons. The second-order valence-corrected chi connectivity index (χ2v) is 8.41. The monoisotopic (exact) mass is 441 g/mol. The maximum Gasteiger partial charge on any atom is 0.335 e. The minimum atomic E-state index is -0.742. The zero-order valence-corrected chi connectivity index (χ0v) is 19.0. The summed E-state index contributed by atoms with van der Waals surface area (Å²) in [6.07, 6.45) is 4.43. The van der Waals surface area contributed by atoms with Gasteiger partial charge in [0.1, 0.15) is 5.57 Å². The van der Waals surface area contributed by atoms with Crippen molar-refractivity contribution in [3.05, 3.63) is 94.8 Å². The van der Waals surface area contributed by atoms with E-state index in [-0.39, 0.29) is 5.57 Å². The number of urea groups is 1. The summed E-state index contributed by atoms with van der Waals surface area (Å²) in [5.74, 6) is -0.952. The van der Waals surface area contributed by atoms with Crippen LogP contribution in [0.5, 0.6) is 0 Å². The number of nitrogens with zero attached hydrogens (tertiary/aromatic N) is 2. The topological polar surface area (TPSA) is 71.4 Å². The number of carbonyl (C=O) groups excluding carboxylic acids is 3. The first-order valence-electron chi connectivity index (χ1n) is 11.1. The molecule has 1 unspecified atom stereocenters. The van der Waals surface area contributed by atoms with Gasteiger partial charge in [0, 0.05) is 18.4 Å². The fraction of sp³-hybridized carbons (Fsp3) is 0.222. The number of barbiturate groups is 1. The summed E-state index contributed by atoms with van der Waals surface area (Å²) >= 11 is 0. The van der Waals surface area contributed by atoms with Crippen molar-refractivity contribution in [1.29, 1.82) is 0 Å². The molecule has 0 saturated carbocycles. The van der Waals surface area contributed by atoms with Crippen LogP contribution in [-0.2, 0) is 16.1 Å². The van der Waals surface area contributed by atoms with Crippen LogP contribution in [0.25, 0.3) is 6.08 Å². The van der Waals surface area contributed by atoms with Crippen LogP contribution in [0.3, 0.4) is 0 Å². The Hall–Kier alpha value is -3.93. The molecule has 1 fully saturated rings. The molecule has 1 aromatic heterocycles. The number of hydrogen-bond donors (Lipinski definition) is 1. The molecule has 4 rings (SSSR count). The first-order chi connectivity index (χ1) is 15.9. The molecule has 1 atom stereocenters. The number of nitrogens with one attached hydrogen (secondary N) is 1. The molecule has 6 nitrogen and oxygen atoms in total. The summed E-state index contributed by atoms with van der Waals surface area (Å²) in [4.78, 5) is 39.3. The molecule has 1 aliphatic rings. The maximum absolute atomic E-state index is 13.2. The van der Waals surface area contributed by atoms with E-state index in [1.165, 1.54) is 0 Å². The van der Waals surface area contributed by atoms with Crippen LogP contribution < -0.4 is 10.2 Å². The number of benzene rings is 2. The van der Waals surface area contributed by atoms with Crippen molar-refractivity contribution in [2.45, 2.75) is 39.7 Å². The molecular weight excluding hydrogens is 414 g/mol. The van der Waals surface area contributed by atoms with Gasteiger partial charge in [0.05, 0.1) is 5.69 Å². The van der Waals surface area contributed by atoms with Gasteiger partial charge in [-0.2, -0.15) is 0 Å². The molecule has 2 heterocycles. The summed E-state index contributed by atoms with van der Waals surface area (Å²) in [5, 5.41) is 2.30. The Morgan fingerprint density at radius 1 is 1.00 bits per heavy atom. The van der Waals surface area contributed by atoms with Gasteiger partial charge in [-0.1, -0.05) is 55.8 Å². The first kappa shape index (κ1) is 22.3. The summed E-state index contributed by atoms with van der Waals surface area (Å²) in [5.41, 5.74) is 4.46. The van der Waals surface area contributed by atoms with Crippen molar-refractivity contribution in [3.8, 4) is 0 Å². The predicted molar refractivity (Wildman–Crippen MR) is 129 cm³/mol. The van der Waals surface area contributed by atoms with Gasteiger partial charge in [-0.3, -0.25) is 14.9 Å². The molecule has 1 N–H and O–H groups in total. The number of amides is 4. The van der Waals surface area contributed by atoms with Gasteiger partial charge in [0.15, 0.2) is 0 Å². The lowest BCUT2D eigenvalue weighted by molar-refractivity contribution is -0.122. The predicted octanol–water partition coefficient (Wildman–Crippen LogP) is 5.02. The van der Waals surface area contributed by atoms with Gasteiger partial charge < -0.3 is 4.57 Å². The Morgan fingerprint density at radius 2 is 1.76 bits per heavy atom. The molecule has 1 aliphatic heterocycles. The number of aryl methyl sites for hydroxylation is 1. The maximum atomic E-state index is 13.2. The molecule has 3 aromatic rings. The van der Waals surface area contributed by atoms with E-state index in [0.717, 1.165) is 28.0 Å². The van der Waals surface area contributed by atoms with Crippen molar-refractivity contribution in [2.75, 3.05) is 4.90 Å². The van der Waals surface area contributed by atoms with Crippen LogP contribution in [0.4, 0.5) is 10.5 Å². The zero-order chi connectivity index (χ0) is 23.5. The summed E-state index contributed by atoms with van der Waals surface area (Å²) in [6.45, 7) is 6.87. The highest BCUT2D eigenvalue weighted by Crippen LogP contribution is 2.26. The third kappa shape index (κ3) is 4.65. The zero-order valence-electron chi connectivity index (χ0n) is 19.0. The number of hydrogen-bond acceptors (Lipinski definition) is 3. The van der Waals surface area contributed by atoms with Crippen LogP contribution in [0.2, 0.25) is 0 Å². The van der Waals surface area contributed by atoms with E-state index in [4.69, 9.17) is 0 Å². The molecule has 0 aliphatic carbocycles. The average Bonchev–Trinajstić information content (AvgIpc) is 3.23. The Balaban J connectivity index is 1.63. The number of aromatic nitrogens is 1. The van der Waals surface area contributed by atoms with Crippen LogP contribution in [0.15, 0.2) is 72.4 Å². The third-order valence-corrected chi connectivity index (χ3v) is 6.03. The summed E-state index contributed by atoms with van der Waals surface area (Å²) in [7, 11) is 0. The molecule has 1 saturated heterocycles. The van der Waals surface area contributed by atoms with Crippen molar-refractivity contribution < 1.29 is 14.4 Å². The molecule has 6 heteroatoms. The molecule has 4 amide bonds. The highest BCUT2D eigenvalue weighted by Gasteiger charge is 2.37. The summed E-state index contributed by atoms with van der Waals surface area (Å²) in [6, 6.07) is 18.4. The van der Waals surface area contributed by atoms with Gasteiger partial charge in [0.25, 0.3) is 11.8 Å². The number of imide groups is 2. The fourth-order valence-electron chi connectivity index (χ4n) is 3.94. The van der Waals surface area contributed by atoms with Crippen LogP contribution >= 0.6 is 0 Å². The SMILES string of the molecule is CCC(C)c1ccc(N2C(=O)NC(=O)/C(=C/c3cccn3Cc3cccc(C)c3)C2=O)cc1. The smallest absolute Gasteiger partial charge is 0.335 e. The number of carbonyl (C=O) groups is 3. The lowest BCUT2D eigenvalue weighted by Gasteiger charge is -2.26. The Kier molecular flexibility index (Phi) is 6.27. The normalized spacial score (nSPS) is 16.3. The molecular formula is C27H27N3O3. The van der Waals surface area contributed by atoms with E-state index in [1.54, 1.807) is 18.2 Å². The minimum absolute atomic E-state index is 0.0789. The van der Waals surface area contributed by atoms with E-state index in [1.807, 2.05) is 60.2 Å². The van der Waals surface area contributed by atoms with Gasteiger partial charge in [0.2, 0.25) is 0 Å². The van der Waals surface area contributed by atoms with E-state index in [2.05, 4.69) is 25.2 Å². The first-order valence-corrected chi connectivity index (χ1v) is 11.1. The van der Waals surface area contributed by atoms with E-state index in [9.17, 15) is 14.4 Å². The van der Waals surface area contributed by atoms with Crippen LogP contribution in [0.1, 0.15) is 48.6 Å². The number of anilines is 1. The Bertz CT molecular complexity index is 1240. The molecule has 2 aromatic carbocycles. The van der Waals surface area contributed by atoms with Crippen molar-refractivity contribution in [2.24, 2.45) is 0 Å². The lowest BCUT2D eigenvalue weighted by Crippen LogP contribution is -2.54. The average molecular weight is 442 g/mol. The van der Waals surface area contributed by atoms with Crippen molar-refractivity contribution in [3.63, 3.8) is 0 Å². The van der Waals surface area contributed by atoms with E-state index < -0.39 is 17.8 Å². The van der Waals surface area contributed by atoms with Crippen LogP contribution in [-0.4, -0.2) is 22.4 Å². The van der Waals surface area contributed by atoms with Gasteiger partial charge >= 0.3 is 6.03 Å². The highest BCUT2D eigenvalue weighted by atomic mass is 16.2. The largest absolute Gasteiger partial charge is 0.344 e. The summed E-state index contributed by atoms with van der Waals surface area (Å²) < 4.78 is 1.96. The molecule has 0 radical (unpaired) electrons. The Labute approximate surface area is 193 Å². The minimum Gasteiger partial charge on any atom is -0.344 e. The standard InChI is InChI=1S/C27H27N3O3/c1-4-19(3)21-10-12-22(13-11-21)30-26(32)24(25(31)28-27(30)33)16-23-9-6-14-29(23)17-20-8-5-7-18(2)15-20/h5-16,19H,4,17H2,1-3H3,(H,28,31,33)/b24-16-. The molecule has 0 bridgehead atoms. The lowest BCUT2D eigenvalue weighted by atomic mass is 9.98. The third-order valence-electron chi connectivity index (χ3n) is 6.03. The van der Waals surface area contributed by atoms with Gasteiger partial charge in [-0.25, -0.2) is 9.69 Å². The van der Waals surface area contributed by atoms with Crippen molar-refractivity contribution >= 4 is 29.6 Å². The Morgan fingerprint density at radius 3 is 2.45 bits per heavy atom. The highest BCUT2D eigenvalue weighted by molar-refractivity contribution is 6.39. The quantitative estimate of drug-likeness (QED) is 0.431. The van der Waals surface area contributed by atoms with Gasteiger partial charge in [-0.15, -0.1) is 0 Å². The van der Waals surface area contributed by atoms with Gasteiger partial charge in [-0.05, 0) is 60.7 Å². The van der Waals surface area contributed by atoms with Crippen LogP contribution in [0, 0.1) is 6.92 Å². The van der Waals surface area contributed by atoms with E-state index in [0.29, 0.717) is 23.8 Å². The second kappa shape index (κ2) is 9.28.